The molecule has 1 aliphatic carbocycles. The lowest BCUT2D eigenvalue weighted by molar-refractivity contribution is 0.187. The highest BCUT2D eigenvalue weighted by Gasteiger charge is 2.43. The summed E-state index contributed by atoms with van der Waals surface area (Å²) in [6.45, 7) is 8.01. The molecule has 1 aromatic rings. The van der Waals surface area contributed by atoms with Gasteiger partial charge in [0, 0.05) is 25.6 Å². The van der Waals surface area contributed by atoms with Crippen LogP contribution in [0.1, 0.15) is 44.6 Å². The van der Waals surface area contributed by atoms with Gasteiger partial charge < -0.3 is 15.5 Å². The zero-order valence-electron chi connectivity index (χ0n) is 16.3. The van der Waals surface area contributed by atoms with Crippen LogP contribution in [0.5, 0.6) is 0 Å². The molecule has 146 valence electrons. The summed E-state index contributed by atoms with van der Waals surface area (Å²) in [4.78, 5) is 6.97. The third-order valence-electron chi connectivity index (χ3n) is 6.06. The third kappa shape index (κ3) is 5.84. The molecule has 1 aromatic carbocycles. The van der Waals surface area contributed by atoms with E-state index in [1.165, 1.54) is 57.3 Å². The quantitative estimate of drug-likeness (QED) is 0.363. The lowest BCUT2D eigenvalue weighted by Crippen LogP contribution is -2.42. The molecule has 3 rings (SSSR count). The van der Waals surface area contributed by atoms with E-state index >= 15 is 0 Å². The summed E-state index contributed by atoms with van der Waals surface area (Å²) in [7, 11) is 1.87. The van der Waals surface area contributed by atoms with E-state index in [-0.39, 0.29) is 24.0 Å². The molecule has 2 fully saturated rings. The Morgan fingerprint density at radius 1 is 1.15 bits per heavy atom. The molecule has 1 heterocycles. The van der Waals surface area contributed by atoms with Gasteiger partial charge in [-0.2, -0.15) is 0 Å². The van der Waals surface area contributed by atoms with Gasteiger partial charge in [0.05, 0.1) is 0 Å². The minimum Gasteiger partial charge on any atom is -0.356 e. The van der Waals surface area contributed by atoms with Crippen LogP contribution in [0.15, 0.2) is 35.3 Å². The SMILES string of the molecule is CCN1CCC(CCNC(=NC)NCC2(c3ccccc3)CC2)CC1.I. The molecule has 4 nitrogen and oxygen atoms in total. The van der Waals surface area contributed by atoms with E-state index in [9.17, 15) is 0 Å². The predicted molar refractivity (Wildman–Crippen MR) is 122 cm³/mol. The van der Waals surface area contributed by atoms with Crippen LogP contribution in [-0.2, 0) is 5.41 Å². The molecule has 5 heteroatoms. The second kappa shape index (κ2) is 10.5. The summed E-state index contributed by atoms with van der Waals surface area (Å²) in [5, 5.41) is 7.07. The smallest absolute Gasteiger partial charge is 0.191 e. The molecule has 2 aliphatic rings. The van der Waals surface area contributed by atoms with Crippen molar-refractivity contribution in [2.45, 2.75) is 44.4 Å². The van der Waals surface area contributed by atoms with Gasteiger partial charge in [-0.1, -0.05) is 37.3 Å². The Hall–Kier alpha value is -0.820. The average molecular weight is 470 g/mol. The molecule has 0 spiro atoms. The summed E-state index contributed by atoms with van der Waals surface area (Å²) >= 11 is 0. The van der Waals surface area contributed by atoms with Gasteiger partial charge in [0.1, 0.15) is 0 Å². The summed E-state index contributed by atoms with van der Waals surface area (Å²) in [6, 6.07) is 10.9. The zero-order chi connectivity index (χ0) is 17.5. The predicted octanol–water partition coefficient (Wildman–Crippen LogP) is 3.62. The van der Waals surface area contributed by atoms with Crippen molar-refractivity contribution in [2.75, 3.05) is 39.8 Å². The molecule has 26 heavy (non-hydrogen) atoms. The van der Waals surface area contributed by atoms with Crippen LogP contribution in [0.2, 0.25) is 0 Å². The first kappa shape index (κ1) is 21.5. The molecule has 1 saturated carbocycles. The van der Waals surface area contributed by atoms with E-state index in [0.29, 0.717) is 5.41 Å². The molecule has 0 aromatic heterocycles. The highest BCUT2D eigenvalue weighted by atomic mass is 127. The van der Waals surface area contributed by atoms with Crippen molar-refractivity contribution in [3.05, 3.63) is 35.9 Å². The van der Waals surface area contributed by atoms with Crippen LogP contribution in [0.3, 0.4) is 0 Å². The normalized spacial score (nSPS) is 20.3. The summed E-state index contributed by atoms with van der Waals surface area (Å²) < 4.78 is 0. The van der Waals surface area contributed by atoms with Gasteiger partial charge in [-0.3, -0.25) is 4.99 Å². The fourth-order valence-corrected chi connectivity index (χ4v) is 3.97. The van der Waals surface area contributed by atoms with E-state index < -0.39 is 0 Å². The number of benzene rings is 1. The van der Waals surface area contributed by atoms with Gasteiger partial charge in [0.2, 0.25) is 0 Å². The Labute approximate surface area is 176 Å². The van der Waals surface area contributed by atoms with Crippen molar-refractivity contribution in [1.29, 1.82) is 0 Å². The Morgan fingerprint density at radius 2 is 1.85 bits per heavy atom. The van der Waals surface area contributed by atoms with Crippen LogP contribution < -0.4 is 10.6 Å². The standard InChI is InChI=1S/C21H34N4.HI/c1-3-25-15-10-18(11-16-25)9-14-23-20(22-2)24-17-21(12-13-21)19-7-5-4-6-8-19;/h4-8,18H,3,9-17H2,1-2H3,(H2,22,23,24);1H. The van der Waals surface area contributed by atoms with Crippen LogP contribution in [0.4, 0.5) is 0 Å². The van der Waals surface area contributed by atoms with Crippen molar-refractivity contribution in [3.8, 4) is 0 Å². The van der Waals surface area contributed by atoms with Crippen LogP contribution in [0.25, 0.3) is 0 Å². The number of halogens is 1. The molecule has 0 unspecified atom stereocenters. The first-order valence-electron chi connectivity index (χ1n) is 9.98. The number of guanidine groups is 1. The number of rotatable bonds is 7. The van der Waals surface area contributed by atoms with E-state index in [2.05, 4.69) is 57.8 Å². The number of hydrogen-bond donors (Lipinski definition) is 2. The van der Waals surface area contributed by atoms with Gasteiger partial charge in [-0.15, -0.1) is 24.0 Å². The molecule has 0 radical (unpaired) electrons. The second-order valence-electron chi connectivity index (χ2n) is 7.67. The molecular weight excluding hydrogens is 435 g/mol. The minimum absolute atomic E-state index is 0. The van der Waals surface area contributed by atoms with Crippen LogP contribution >= 0.6 is 24.0 Å². The number of piperidine rings is 1. The maximum absolute atomic E-state index is 4.41. The molecular formula is C21H35IN4. The lowest BCUT2D eigenvalue weighted by atomic mass is 9.93. The maximum Gasteiger partial charge on any atom is 0.191 e. The lowest BCUT2D eigenvalue weighted by Gasteiger charge is -2.31. The number of nitrogens with zero attached hydrogens (tertiary/aromatic N) is 2. The third-order valence-corrected chi connectivity index (χ3v) is 6.06. The summed E-state index contributed by atoms with van der Waals surface area (Å²) in [6.07, 6.45) is 6.49. The minimum atomic E-state index is 0. The monoisotopic (exact) mass is 470 g/mol. The van der Waals surface area contributed by atoms with E-state index in [0.717, 1.165) is 25.0 Å². The van der Waals surface area contributed by atoms with Gasteiger partial charge in [0.25, 0.3) is 0 Å². The van der Waals surface area contributed by atoms with Gasteiger partial charge in [0.15, 0.2) is 5.96 Å². The highest BCUT2D eigenvalue weighted by molar-refractivity contribution is 14.0. The average Bonchev–Trinajstić information content (AvgIpc) is 3.47. The van der Waals surface area contributed by atoms with Crippen molar-refractivity contribution >= 4 is 29.9 Å². The molecule has 0 bridgehead atoms. The van der Waals surface area contributed by atoms with E-state index in [4.69, 9.17) is 0 Å². The van der Waals surface area contributed by atoms with Crippen molar-refractivity contribution < 1.29 is 0 Å². The largest absolute Gasteiger partial charge is 0.356 e. The first-order valence-corrected chi connectivity index (χ1v) is 9.98. The molecule has 0 atom stereocenters. The number of hydrogen-bond acceptors (Lipinski definition) is 2. The highest BCUT2D eigenvalue weighted by Crippen LogP contribution is 2.47. The van der Waals surface area contributed by atoms with Crippen LogP contribution in [0, 0.1) is 5.92 Å². The Kier molecular flexibility index (Phi) is 8.67. The molecule has 1 saturated heterocycles. The van der Waals surface area contributed by atoms with E-state index in [1.54, 1.807) is 0 Å². The fourth-order valence-electron chi connectivity index (χ4n) is 3.97. The molecule has 0 amide bonds. The van der Waals surface area contributed by atoms with Crippen molar-refractivity contribution in [1.82, 2.24) is 15.5 Å². The maximum atomic E-state index is 4.41. The van der Waals surface area contributed by atoms with Gasteiger partial charge >= 0.3 is 0 Å². The Balaban J connectivity index is 0.00000243. The number of aliphatic imine (C=N–C) groups is 1. The van der Waals surface area contributed by atoms with Crippen molar-refractivity contribution in [2.24, 2.45) is 10.9 Å². The fraction of sp³-hybridized carbons (Fsp3) is 0.667. The van der Waals surface area contributed by atoms with Gasteiger partial charge in [-0.05, 0) is 63.2 Å². The van der Waals surface area contributed by atoms with Crippen LogP contribution in [-0.4, -0.2) is 50.6 Å². The van der Waals surface area contributed by atoms with Gasteiger partial charge in [-0.25, -0.2) is 0 Å². The van der Waals surface area contributed by atoms with E-state index in [1.807, 2.05) is 7.05 Å². The molecule has 1 aliphatic heterocycles. The summed E-state index contributed by atoms with van der Waals surface area (Å²) in [5.41, 5.74) is 1.78. The summed E-state index contributed by atoms with van der Waals surface area (Å²) in [5.74, 6) is 1.82. The Morgan fingerprint density at radius 3 is 2.42 bits per heavy atom. The molecule has 2 N–H and O–H groups in total. The Bertz CT molecular complexity index is 548. The van der Waals surface area contributed by atoms with Crippen molar-refractivity contribution in [3.63, 3.8) is 0 Å². The zero-order valence-corrected chi connectivity index (χ0v) is 18.7. The number of likely N-dealkylation sites (tertiary alicyclic amines) is 1. The first-order chi connectivity index (χ1) is 12.3. The second-order valence-corrected chi connectivity index (χ2v) is 7.67. The topological polar surface area (TPSA) is 39.7 Å². The number of nitrogens with one attached hydrogen (secondary N) is 2.